The molecule has 0 aromatic rings. The number of hydrogen-bond acceptors (Lipinski definition) is 3. The Morgan fingerprint density at radius 2 is 2.40 bits per heavy atom. The van der Waals surface area contributed by atoms with Gasteiger partial charge in [0.1, 0.15) is 0 Å². The Kier molecular flexibility index (Phi) is 5.47. The first kappa shape index (κ1) is 12.8. The number of nitrogens with one attached hydrogen (secondary N) is 2. The third kappa shape index (κ3) is 4.03. The third-order valence-electron chi connectivity index (χ3n) is 2.94. The van der Waals surface area contributed by atoms with Crippen LogP contribution in [-0.2, 0) is 4.79 Å². The maximum atomic E-state index is 11.8. The lowest BCUT2D eigenvalue weighted by Crippen LogP contribution is -2.38. The number of carbonyl (C=O) groups is 1. The van der Waals surface area contributed by atoms with Crippen molar-refractivity contribution in [2.45, 2.75) is 26.3 Å². The van der Waals surface area contributed by atoms with Gasteiger partial charge in [-0.15, -0.1) is 0 Å². The summed E-state index contributed by atoms with van der Waals surface area (Å²) < 4.78 is 0. The maximum Gasteiger partial charge on any atom is 0.224 e. The van der Waals surface area contributed by atoms with Crippen LogP contribution in [0.3, 0.4) is 0 Å². The molecule has 1 heterocycles. The predicted molar refractivity (Wildman–Crippen MR) is 66.1 cm³/mol. The van der Waals surface area contributed by atoms with E-state index >= 15 is 0 Å². The van der Waals surface area contributed by atoms with Crippen molar-refractivity contribution in [3.8, 4) is 0 Å². The van der Waals surface area contributed by atoms with E-state index in [9.17, 15) is 4.79 Å². The minimum absolute atomic E-state index is 0.173. The molecule has 0 aliphatic carbocycles. The molecule has 15 heavy (non-hydrogen) atoms. The maximum absolute atomic E-state index is 11.8. The molecule has 4 heteroatoms. The van der Waals surface area contributed by atoms with E-state index in [1.165, 1.54) is 0 Å². The van der Waals surface area contributed by atoms with E-state index in [1.807, 2.05) is 11.8 Å². The van der Waals surface area contributed by atoms with Crippen molar-refractivity contribution in [2.75, 3.05) is 25.1 Å². The molecular weight excluding hydrogens is 208 g/mol. The summed E-state index contributed by atoms with van der Waals surface area (Å²) >= 11 is 1.83. The Balaban J connectivity index is 2.23. The fraction of sp³-hybridized carbons (Fsp3) is 0.909. The van der Waals surface area contributed by atoms with E-state index in [4.69, 9.17) is 0 Å². The monoisotopic (exact) mass is 230 g/mol. The first-order valence-electron chi connectivity index (χ1n) is 5.65. The van der Waals surface area contributed by atoms with Crippen LogP contribution in [0.2, 0.25) is 0 Å². The third-order valence-corrected chi connectivity index (χ3v) is 3.84. The topological polar surface area (TPSA) is 41.1 Å². The molecule has 3 atom stereocenters. The first-order chi connectivity index (χ1) is 7.15. The van der Waals surface area contributed by atoms with Crippen molar-refractivity contribution in [2.24, 2.45) is 11.8 Å². The fourth-order valence-electron chi connectivity index (χ4n) is 1.97. The highest BCUT2D eigenvalue weighted by Gasteiger charge is 2.29. The van der Waals surface area contributed by atoms with Gasteiger partial charge in [-0.3, -0.25) is 4.79 Å². The standard InChI is InChI=1S/C11H22N2OS/c1-8(7-15-3)6-13-11(14)10-4-5-12-9(10)2/h8-10,12H,4-7H2,1-3H3,(H,13,14). The normalized spacial score (nSPS) is 27.7. The zero-order chi connectivity index (χ0) is 11.3. The minimum Gasteiger partial charge on any atom is -0.356 e. The Morgan fingerprint density at radius 1 is 1.67 bits per heavy atom. The molecule has 1 saturated heterocycles. The number of hydrogen-bond donors (Lipinski definition) is 2. The van der Waals surface area contributed by atoms with Crippen molar-refractivity contribution in [1.29, 1.82) is 0 Å². The van der Waals surface area contributed by atoms with Gasteiger partial charge < -0.3 is 10.6 Å². The summed E-state index contributed by atoms with van der Waals surface area (Å²) in [5, 5.41) is 6.35. The van der Waals surface area contributed by atoms with E-state index < -0.39 is 0 Å². The molecule has 0 radical (unpaired) electrons. The van der Waals surface area contributed by atoms with E-state index in [0.717, 1.165) is 25.3 Å². The molecular formula is C11H22N2OS. The van der Waals surface area contributed by atoms with Crippen LogP contribution in [0.5, 0.6) is 0 Å². The number of rotatable bonds is 5. The Bertz CT molecular complexity index is 211. The number of thioether (sulfide) groups is 1. The van der Waals surface area contributed by atoms with Crippen molar-refractivity contribution in [3.05, 3.63) is 0 Å². The minimum atomic E-state index is 0.173. The second kappa shape index (κ2) is 6.38. The molecule has 0 aromatic heterocycles. The van der Waals surface area contributed by atoms with Gasteiger partial charge in [-0.25, -0.2) is 0 Å². The second-order valence-electron chi connectivity index (χ2n) is 4.44. The van der Waals surface area contributed by atoms with Crippen LogP contribution in [0.4, 0.5) is 0 Å². The lowest BCUT2D eigenvalue weighted by molar-refractivity contribution is -0.125. The average molecular weight is 230 g/mol. The van der Waals surface area contributed by atoms with Crippen LogP contribution in [0.15, 0.2) is 0 Å². The molecule has 88 valence electrons. The van der Waals surface area contributed by atoms with Gasteiger partial charge in [0, 0.05) is 12.6 Å². The fourth-order valence-corrected chi connectivity index (χ4v) is 2.65. The molecule has 2 N–H and O–H groups in total. The van der Waals surface area contributed by atoms with Gasteiger partial charge in [-0.1, -0.05) is 6.92 Å². The highest BCUT2D eigenvalue weighted by Crippen LogP contribution is 2.15. The summed E-state index contributed by atoms with van der Waals surface area (Å²) in [5.74, 6) is 2.07. The number of amides is 1. The first-order valence-corrected chi connectivity index (χ1v) is 7.04. The highest BCUT2D eigenvalue weighted by molar-refractivity contribution is 7.98. The molecule has 1 fully saturated rings. The van der Waals surface area contributed by atoms with Crippen molar-refractivity contribution in [3.63, 3.8) is 0 Å². The molecule has 0 bridgehead atoms. The van der Waals surface area contributed by atoms with Crippen molar-refractivity contribution < 1.29 is 4.79 Å². The zero-order valence-corrected chi connectivity index (χ0v) is 10.7. The summed E-state index contributed by atoms with van der Waals surface area (Å²) in [7, 11) is 0. The lowest BCUT2D eigenvalue weighted by Gasteiger charge is -2.17. The lowest BCUT2D eigenvalue weighted by atomic mass is 10.0. The van der Waals surface area contributed by atoms with Gasteiger partial charge in [0.25, 0.3) is 0 Å². The van der Waals surface area contributed by atoms with Gasteiger partial charge >= 0.3 is 0 Å². The van der Waals surface area contributed by atoms with Gasteiger partial charge in [0.2, 0.25) is 5.91 Å². The van der Waals surface area contributed by atoms with Crippen LogP contribution in [0.1, 0.15) is 20.3 Å². The average Bonchev–Trinajstić information content (AvgIpc) is 2.61. The predicted octanol–water partition coefficient (Wildman–Crippen LogP) is 1.10. The Hall–Kier alpha value is -0.220. The quantitative estimate of drug-likeness (QED) is 0.743. The molecule has 1 amide bonds. The van der Waals surface area contributed by atoms with Crippen molar-refractivity contribution >= 4 is 17.7 Å². The van der Waals surface area contributed by atoms with E-state index in [1.54, 1.807) is 0 Å². The van der Waals surface area contributed by atoms with E-state index in [-0.39, 0.29) is 11.8 Å². The van der Waals surface area contributed by atoms with Crippen LogP contribution in [-0.4, -0.2) is 37.0 Å². The molecule has 3 unspecified atom stereocenters. The largest absolute Gasteiger partial charge is 0.356 e. The Labute approximate surface area is 96.8 Å². The summed E-state index contributed by atoms with van der Waals surface area (Å²) in [5.41, 5.74) is 0. The van der Waals surface area contributed by atoms with Crippen LogP contribution in [0, 0.1) is 11.8 Å². The van der Waals surface area contributed by atoms with E-state index in [0.29, 0.717) is 12.0 Å². The van der Waals surface area contributed by atoms with Gasteiger partial charge in [-0.2, -0.15) is 11.8 Å². The van der Waals surface area contributed by atoms with Crippen molar-refractivity contribution in [1.82, 2.24) is 10.6 Å². The smallest absolute Gasteiger partial charge is 0.224 e. The summed E-state index contributed by atoms with van der Waals surface area (Å²) in [6, 6.07) is 0.334. The SMILES string of the molecule is CSCC(C)CNC(=O)C1CCNC1C. The van der Waals surface area contributed by atoms with Crippen LogP contribution < -0.4 is 10.6 Å². The van der Waals surface area contributed by atoms with Crippen LogP contribution >= 0.6 is 11.8 Å². The van der Waals surface area contributed by atoms with Crippen LogP contribution in [0.25, 0.3) is 0 Å². The van der Waals surface area contributed by atoms with Gasteiger partial charge in [-0.05, 0) is 37.8 Å². The second-order valence-corrected chi connectivity index (χ2v) is 5.35. The molecule has 1 aliphatic heterocycles. The zero-order valence-electron chi connectivity index (χ0n) is 9.88. The summed E-state index contributed by atoms with van der Waals surface area (Å²) in [6.07, 6.45) is 3.07. The van der Waals surface area contributed by atoms with Gasteiger partial charge in [0.05, 0.1) is 5.92 Å². The summed E-state index contributed by atoms with van der Waals surface area (Å²) in [6.45, 7) is 6.04. The van der Waals surface area contributed by atoms with Gasteiger partial charge in [0.15, 0.2) is 0 Å². The molecule has 0 saturated carbocycles. The molecule has 0 aromatic carbocycles. The van der Waals surface area contributed by atoms with E-state index in [2.05, 4.69) is 30.7 Å². The molecule has 0 spiro atoms. The highest BCUT2D eigenvalue weighted by atomic mass is 32.2. The molecule has 1 rings (SSSR count). The Morgan fingerprint density at radius 3 is 2.93 bits per heavy atom. The molecule has 1 aliphatic rings. The number of carbonyl (C=O) groups excluding carboxylic acids is 1. The molecule has 3 nitrogen and oxygen atoms in total. The summed E-state index contributed by atoms with van der Waals surface area (Å²) in [4.78, 5) is 11.8.